The molecule has 1 aliphatic rings. The van der Waals surface area contributed by atoms with Crippen LogP contribution >= 0.6 is 0 Å². The lowest BCUT2D eigenvalue weighted by Crippen LogP contribution is -2.57. The Bertz CT molecular complexity index is 1090. The van der Waals surface area contributed by atoms with Gasteiger partial charge in [0.1, 0.15) is 17.6 Å². The summed E-state index contributed by atoms with van der Waals surface area (Å²) in [5.74, 6) is -1.14. The van der Waals surface area contributed by atoms with Gasteiger partial charge in [-0.1, -0.05) is 26.0 Å². The second kappa shape index (κ2) is 13.5. The molecule has 10 heteroatoms. The van der Waals surface area contributed by atoms with Gasteiger partial charge in [-0.25, -0.2) is 9.37 Å². The van der Waals surface area contributed by atoms with Gasteiger partial charge in [0.2, 0.25) is 11.8 Å². The molecule has 1 aliphatic heterocycles. The number of halogens is 1. The van der Waals surface area contributed by atoms with Crippen molar-refractivity contribution < 1.29 is 23.5 Å². The van der Waals surface area contributed by atoms with E-state index in [0.29, 0.717) is 38.2 Å². The molecular formula is C28H40FN5O4. The minimum atomic E-state index is -0.818. The highest BCUT2D eigenvalue weighted by atomic mass is 19.1. The lowest BCUT2D eigenvalue weighted by molar-refractivity contribution is -0.141. The smallest absolute Gasteiger partial charge is 0.274 e. The lowest BCUT2D eigenvalue weighted by Gasteiger charge is -2.34. The average Bonchev–Trinajstić information content (AvgIpc) is 3.57. The van der Waals surface area contributed by atoms with Crippen LogP contribution in [0.1, 0.15) is 56.1 Å². The number of aromatic nitrogens is 2. The maximum absolute atomic E-state index is 13.7. The summed E-state index contributed by atoms with van der Waals surface area (Å²) in [6.07, 6.45) is 5.47. The van der Waals surface area contributed by atoms with Crippen molar-refractivity contribution in [2.75, 3.05) is 26.7 Å². The minimum Gasteiger partial charge on any atom is -0.379 e. The number of amides is 3. The fourth-order valence-electron chi connectivity index (χ4n) is 4.62. The quantitative estimate of drug-likeness (QED) is 0.456. The Morgan fingerprint density at radius 2 is 1.95 bits per heavy atom. The van der Waals surface area contributed by atoms with Gasteiger partial charge < -0.3 is 24.4 Å². The maximum Gasteiger partial charge on any atom is 0.274 e. The highest BCUT2D eigenvalue weighted by Gasteiger charge is 2.38. The summed E-state index contributed by atoms with van der Waals surface area (Å²) >= 11 is 0. The number of methoxy groups -OCH3 is 1. The Morgan fingerprint density at radius 3 is 2.55 bits per heavy atom. The van der Waals surface area contributed by atoms with Crippen molar-refractivity contribution in [2.24, 2.45) is 13.0 Å². The third kappa shape index (κ3) is 7.40. The third-order valence-corrected chi connectivity index (χ3v) is 7.35. The Hall–Kier alpha value is -3.27. The van der Waals surface area contributed by atoms with Crippen LogP contribution in [0.15, 0.2) is 36.8 Å². The molecule has 0 spiro atoms. The van der Waals surface area contributed by atoms with Crippen LogP contribution in [-0.4, -0.2) is 82.0 Å². The lowest BCUT2D eigenvalue weighted by atomic mass is 10.1. The van der Waals surface area contributed by atoms with E-state index in [2.05, 4.69) is 10.3 Å². The van der Waals surface area contributed by atoms with Crippen molar-refractivity contribution >= 4 is 17.7 Å². The van der Waals surface area contributed by atoms with Gasteiger partial charge in [0.15, 0.2) is 0 Å². The zero-order valence-corrected chi connectivity index (χ0v) is 23.0. The third-order valence-electron chi connectivity index (χ3n) is 7.35. The topological polar surface area (TPSA) is 96.8 Å². The van der Waals surface area contributed by atoms with Crippen LogP contribution in [0.3, 0.4) is 0 Å². The van der Waals surface area contributed by atoms with Crippen LogP contribution < -0.4 is 5.32 Å². The molecule has 0 radical (unpaired) electrons. The number of carbonyl (C=O) groups excluding carboxylic acids is 3. The molecule has 3 rings (SSSR count). The van der Waals surface area contributed by atoms with E-state index in [1.165, 1.54) is 19.2 Å². The van der Waals surface area contributed by atoms with Crippen LogP contribution in [0.4, 0.5) is 4.39 Å². The summed E-state index contributed by atoms with van der Waals surface area (Å²) in [6, 6.07) is 5.20. The Morgan fingerprint density at radius 1 is 1.24 bits per heavy atom. The molecule has 2 aromatic rings. The van der Waals surface area contributed by atoms with Crippen molar-refractivity contribution in [3.05, 3.63) is 53.9 Å². The van der Waals surface area contributed by atoms with Gasteiger partial charge in [0.05, 0.1) is 12.4 Å². The summed E-state index contributed by atoms with van der Waals surface area (Å²) in [7, 11) is 3.32. The highest BCUT2D eigenvalue weighted by molar-refractivity contribution is 5.92. The van der Waals surface area contributed by atoms with E-state index in [9.17, 15) is 18.8 Å². The summed E-state index contributed by atoms with van der Waals surface area (Å²) in [5, 5.41) is 2.89. The van der Waals surface area contributed by atoms with Gasteiger partial charge in [0.25, 0.3) is 5.91 Å². The van der Waals surface area contributed by atoms with E-state index in [1.807, 2.05) is 13.8 Å². The summed E-state index contributed by atoms with van der Waals surface area (Å²) in [4.78, 5) is 47.5. The van der Waals surface area contributed by atoms with Crippen LogP contribution in [-0.2, 0) is 27.8 Å². The normalized spacial score (nSPS) is 17.6. The van der Waals surface area contributed by atoms with Gasteiger partial charge in [-0.2, -0.15) is 0 Å². The van der Waals surface area contributed by atoms with Crippen molar-refractivity contribution in [1.29, 1.82) is 0 Å². The molecule has 4 atom stereocenters. The fraction of sp³-hybridized carbons (Fsp3) is 0.571. The molecule has 208 valence electrons. The van der Waals surface area contributed by atoms with E-state index in [1.54, 1.807) is 53.0 Å². The first-order valence-electron chi connectivity index (χ1n) is 13.3. The summed E-state index contributed by atoms with van der Waals surface area (Å²) in [5.41, 5.74) is 1.24. The number of hydrogen-bond donors (Lipinski definition) is 1. The SMILES string of the molecule is CC[C@@H](C)C(=O)N[C@H](C(=O)N1CCC[C@H]1CN(CCc1ccc(F)cc1)C(=O)c1cn(C)cn1)[C@@H](C)OC. The predicted octanol–water partition coefficient (Wildman–Crippen LogP) is 2.80. The summed E-state index contributed by atoms with van der Waals surface area (Å²) < 4.78 is 20.5. The molecular weight excluding hydrogens is 489 g/mol. The van der Waals surface area contributed by atoms with E-state index < -0.39 is 12.1 Å². The fourth-order valence-corrected chi connectivity index (χ4v) is 4.62. The largest absolute Gasteiger partial charge is 0.379 e. The van der Waals surface area contributed by atoms with E-state index in [-0.39, 0.29) is 35.5 Å². The van der Waals surface area contributed by atoms with E-state index in [4.69, 9.17) is 4.74 Å². The van der Waals surface area contributed by atoms with Crippen molar-refractivity contribution in [1.82, 2.24) is 24.7 Å². The summed E-state index contributed by atoms with van der Waals surface area (Å²) in [6.45, 7) is 6.78. The first kappa shape index (κ1) is 29.3. The average molecular weight is 530 g/mol. The number of ether oxygens (including phenoxy) is 1. The molecule has 1 saturated heterocycles. The highest BCUT2D eigenvalue weighted by Crippen LogP contribution is 2.22. The van der Waals surface area contributed by atoms with Crippen LogP contribution in [0, 0.1) is 11.7 Å². The number of hydrogen-bond acceptors (Lipinski definition) is 5. The Kier molecular flexibility index (Phi) is 10.4. The molecule has 38 heavy (non-hydrogen) atoms. The predicted molar refractivity (Wildman–Crippen MR) is 142 cm³/mol. The van der Waals surface area contributed by atoms with Gasteiger partial charge in [0, 0.05) is 51.9 Å². The Labute approximate surface area is 224 Å². The number of rotatable bonds is 12. The van der Waals surface area contributed by atoms with Crippen molar-refractivity contribution in [3.8, 4) is 0 Å². The first-order chi connectivity index (χ1) is 18.1. The number of likely N-dealkylation sites (tertiary alicyclic amines) is 1. The van der Waals surface area contributed by atoms with Gasteiger partial charge in [-0.15, -0.1) is 0 Å². The molecule has 3 amide bonds. The molecule has 1 aromatic heterocycles. The molecule has 1 N–H and O–H groups in total. The Balaban J connectivity index is 1.79. The monoisotopic (exact) mass is 529 g/mol. The minimum absolute atomic E-state index is 0.184. The zero-order chi connectivity index (χ0) is 27.8. The van der Waals surface area contributed by atoms with E-state index in [0.717, 1.165) is 18.4 Å². The molecule has 0 aliphatic carbocycles. The molecule has 0 unspecified atom stereocenters. The zero-order valence-electron chi connectivity index (χ0n) is 23.0. The van der Waals surface area contributed by atoms with Gasteiger partial charge >= 0.3 is 0 Å². The maximum atomic E-state index is 13.7. The standard InChI is InChI=1S/C28H40FN5O4/c1-6-19(2)26(35)31-25(20(3)38-5)28(37)34-14-7-8-23(34)16-33(27(36)24-17-32(4)18-30-24)15-13-21-9-11-22(29)12-10-21/h9-12,17-20,23,25H,6-8,13-16H2,1-5H3,(H,31,35)/t19-,20-,23+,25+/m1/s1. The molecule has 0 bridgehead atoms. The van der Waals surface area contributed by atoms with Crippen LogP contribution in [0.5, 0.6) is 0 Å². The molecule has 2 heterocycles. The van der Waals surface area contributed by atoms with Gasteiger partial charge in [-0.05, 0) is 50.3 Å². The molecule has 9 nitrogen and oxygen atoms in total. The van der Waals surface area contributed by atoms with Gasteiger partial charge in [-0.3, -0.25) is 14.4 Å². The molecule has 0 saturated carbocycles. The second-order valence-electron chi connectivity index (χ2n) is 10.1. The molecule has 1 aromatic carbocycles. The first-order valence-corrected chi connectivity index (χ1v) is 13.3. The second-order valence-corrected chi connectivity index (χ2v) is 10.1. The van der Waals surface area contributed by atoms with Crippen molar-refractivity contribution in [3.63, 3.8) is 0 Å². The number of carbonyl (C=O) groups is 3. The van der Waals surface area contributed by atoms with Crippen LogP contribution in [0.2, 0.25) is 0 Å². The van der Waals surface area contributed by atoms with E-state index >= 15 is 0 Å². The molecule has 1 fully saturated rings. The number of imidazole rings is 1. The number of aryl methyl sites for hydroxylation is 1. The van der Waals surface area contributed by atoms with Crippen LogP contribution in [0.25, 0.3) is 0 Å². The number of nitrogens with zero attached hydrogens (tertiary/aromatic N) is 4. The number of benzene rings is 1. The van der Waals surface area contributed by atoms with Crippen molar-refractivity contribution in [2.45, 2.75) is 64.6 Å². The number of nitrogens with one attached hydrogen (secondary N) is 1.